The van der Waals surface area contributed by atoms with Gasteiger partial charge in [-0.05, 0) is 61.1 Å². The van der Waals surface area contributed by atoms with Gasteiger partial charge in [0, 0.05) is 5.02 Å². The number of carbonyl (C=O) groups is 1. The van der Waals surface area contributed by atoms with Gasteiger partial charge >= 0.3 is 6.09 Å². The number of aromatic nitrogens is 2. The average Bonchev–Trinajstić information content (AvgIpc) is 3.11. The zero-order chi connectivity index (χ0) is 20.2. The highest BCUT2D eigenvalue weighted by molar-refractivity contribution is 6.30. The van der Waals surface area contributed by atoms with Gasteiger partial charge in [-0.3, -0.25) is 0 Å². The molecular formula is C23H24ClN3O2. The van der Waals surface area contributed by atoms with Crippen LogP contribution in [0.25, 0.3) is 5.69 Å². The first-order valence-corrected chi connectivity index (χ1v) is 10.4. The van der Waals surface area contributed by atoms with Crippen molar-refractivity contribution in [1.29, 1.82) is 0 Å². The van der Waals surface area contributed by atoms with Crippen molar-refractivity contribution >= 4 is 17.7 Å². The Morgan fingerprint density at radius 2 is 2.03 bits per heavy atom. The Kier molecular flexibility index (Phi) is 5.86. The van der Waals surface area contributed by atoms with Crippen LogP contribution >= 0.6 is 11.6 Å². The lowest BCUT2D eigenvalue weighted by Crippen LogP contribution is -2.33. The van der Waals surface area contributed by atoms with Crippen molar-refractivity contribution in [2.45, 2.75) is 45.1 Å². The van der Waals surface area contributed by atoms with Gasteiger partial charge in [0.2, 0.25) is 0 Å². The van der Waals surface area contributed by atoms with Crippen LogP contribution in [0.3, 0.4) is 0 Å². The highest BCUT2D eigenvalue weighted by atomic mass is 35.5. The molecule has 0 bridgehead atoms. The largest absolute Gasteiger partial charge is 0.413 e. The van der Waals surface area contributed by atoms with Crippen LogP contribution in [0.2, 0.25) is 5.02 Å². The maximum atomic E-state index is 12.6. The molecule has 1 aromatic heterocycles. The van der Waals surface area contributed by atoms with Gasteiger partial charge in [0.25, 0.3) is 0 Å². The second-order valence-corrected chi connectivity index (χ2v) is 7.71. The molecule has 29 heavy (non-hydrogen) atoms. The molecule has 0 saturated heterocycles. The maximum absolute atomic E-state index is 12.6. The van der Waals surface area contributed by atoms with Crippen LogP contribution in [0.5, 0.6) is 5.75 Å². The quantitative estimate of drug-likeness (QED) is 0.592. The van der Waals surface area contributed by atoms with E-state index in [2.05, 4.69) is 29.5 Å². The number of hydrogen-bond donors (Lipinski definition) is 1. The first-order valence-electron chi connectivity index (χ1n) is 10.0. The van der Waals surface area contributed by atoms with E-state index in [4.69, 9.17) is 16.3 Å². The highest BCUT2D eigenvalue weighted by Gasteiger charge is 2.23. The standard InChI is InChI=1S/C23H24ClN3O2/c1-2-6-21-22(15-25-27(21)18-13-11-17(24)12-14-18)29-23(28)26-20-10-5-8-16-7-3-4-9-19(16)20/h3-4,7,9,11-15,20H,2,5-6,8,10H2,1H3,(H,26,28). The third-order valence-corrected chi connectivity index (χ3v) is 5.50. The lowest BCUT2D eigenvalue weighted by atomic mass is 9.88. The van der Waals surface area contributed by atoms with Crippen molar-refractivity contribution in [2.75, 3.05) is 0 Å². The number of aryl methyl sites for hydroxylation is 1. The molecule has 150 valence electrons. The molecule has 4 rings (SSSR count). The van der Waals surface area contributed by atoms with Crippen LogP contribution in [-0.2, 0) is 12.8 Å². The zero-order valence-electron chi connectivity index (χ0n) is 16.4. The summed E-state index contributed by atoms with van der Waals surface area (Å²) in [5, 5.41) is 8.14. The molecule has 5 nitrogen and oxygen atoms in total. The minimum Gasteiger partial charge on any atom is -0.407 e. The first kappa shape index (κ1) is 19.5. The number of nitrogens with zero attached hydrogens (tertiary/aromatic N) is 2. The smallest absolute Gasteiger partial charge is 0.407 e. The molecule has 0 spiro atoms. The normalized spacial score (nSPS) is 15.6. The van der Waals surface area contributed by atoms with E-state index in [0.29, 0.717) is 10.8 Å². The molecule has 1 aliphatic rings. The number of benzene rings is 2. The number of carbonyl (C=O) groups excluding carboxylic acids is 1. The van der Waals surface area contributed by atoms with Crippen LogP contribution in [-0.4, -0.2) is 15.9 Å². The fourth-order valence-corrected chi connectivity index (χ4v) is 4.02. The predicted octanol–water partition coefficient (Wildman–Crippen LogP) is 5.64. The Morgan fingerprint density at radius 1 is 1.24 bits per heavy atom. The van der Waals surface area contributed by atoms with Gasteiger partial charge in [0.05, 0.1) is 23.6 Å². The Labute approximate surface area is 175 Å². The van der Waals surface area contributed by atoms with E-state index in [1.807, 2.05) is 36.4 Å². The van der Waals surface area contributed by atoms with Gasteiger partial charge in [-0.25, -0.2) is 9.48 Å². The molecule has 1 N–H and O–H groups in total. The molecule has 1 aliphatic carbocycles. The Morgan fingerprint density at radius 3 is 2.83 bits per heavy atom. The lowest BCUT2D eigenvalue weighted by Gasteiger charge is -2.25. The molecule has 1 heterocycles. The summed E-state index contributed by atoms with van der Waals surface area (Å²) in [6.07, 6.45) is 5.84. The molecular weight excluding hydrogens is 386 g/mol. The number of ether oxygens (including phenoxy) is 1. The van der Waals surface area contributed by atoms with Gasteiger partial charge < -0.3 is 10.1 Å². The number of nitrogens with one attached hydrogen (secondary N) is 1. The summed E-state index contributed by atoms with van der Waals surface area (Å²) in [5.41, 5.74) is 4.23. The minimum absolute atomic E-state index is 0.0200. The zero-order valence-corrected chi connectivity index (χ0v) is 17.2. The van der Waals surface area contributed by atoms with Crippen LogP contribution in [0.4, 0.5) is 4.79 Å². The molecule has 2 aromatic carbocycles. The summed E-state index contributed by atoms with van der Waals surface area (Å²) in [7, 11) is 0. The summed E-state index contributed by atoms with van der Waals surface area (Å²) >= 11 is 6.00. The Balaban J connectivity index is 1.52. The predicted molar refractivity (Wildman–Crippen MR) is 114 cm³/mol. The number of hydrogen-bond acceptors (Lipinski definition) is 3. The van der Waals surface area contributed by atoms with E-state index in [-0.39, 0.29) is 6.04 Å². The topological polar surface area (TPSA) is 56.1 Å². The van der Waals surface area contributed by atoms with Gasteiger partial charge in [-0.2, -0.15) is 5.10 Å². The van der Waals surface area contributed by atoms with Gasteiger partial charge in [-0.15, -0.1) is 0 Å². The van der Waals surface area contributed by atoms with Crippen molar-refractivity contribution in [2.24, 2.45) is 0 Å². The summed E-state index contributed by atoms with van der Waals surface area (Å²) in [6.45, 7) is 2.09. The fraction of sp³-hybridized carbons (Fsp3) is 0.304. The Bertz CT molecular complexity index is 998. The summed E-state index contributed by atoms with van der Waals surface area (Å²) in [5.74, 6) is 0.489. The number of amides is 1. The summed E-state index contributed by atoms with van der Waals surface area (Å²) in [6, 6.07) is 15.7. The molecule has 0 saturated carbocycles. The first-order chi connectivity index (χ1) is 14.2. The van der Waals surface area contributed by atoms with Crippen molar-refractivity contribution < 1.29 is 9.53 Å². The molecule has 6 heteroatoms. The second-order valence-electron chi connectivity index (χ2n) is 7.27. The average molecular weight is 410 g/mol. The molecule has 1 unspecified atom stereocenters. The minimum atomic E-state index is -0.445. The van der Waals surface area contributed by atoms with E-state index in [1.54, 1.807) is 10.9 Å². The van der Waals surface area contributed by atoms with E-state index in [1.165, 1.54) is 11.1 Å². The summed E-state index contributed by atoms with van der Waals surface area (Å²) < 4.78 is 7.49. The highest BCUT2D eigenvalue weighted by Crippen LogP contribution is 2.30. The van der Waals surface area contributed by atoms with E-state index < -0.39 is 6.09 Å². The molecule has 0 radical (unpaired) electrons. The van der Waals surface area contributed by atoms with Gasteiger partial charge in [0.15, 0.2) is 5.75 Å². The van der Waals surface area contributed by atoms with Gasteiger partial charge in [0.1, 0.15) is 0 Å². The second kappa shape index (κ2) is 8.70. The van der Waals surface area contributed by atoms with E-state index in [0.717, 1.165) is 43.5 Å². The number of halogens is 1. The van der Waals surface area contributed by atoms with Crippen LogP contribution in [0.1, 0.15) is 49.0 Å². The molecule has 0 aliphatic heterocycles. The molecule has 1 amide bonds. The van der Waals surface area contributed by atoms with Crippen molar-refractivity contribution in [1.82, 2.24) is 15.1 Å². The molecule has 1 atom stereocenters. The monoisotopic (exact) mass is 409 g/mol. The third-order valence-electron chi connectivity index (χ3n) is 5.25. The van der Waals surface area contributed by atoms with Crippen molar-refractivity contribution in [3.05, 3.63) is 76.6 Å². The van der Waals surface area contributed by atoms with Crippen LogP contribution in [0.15, 0.2) is 54.7 Å². The van der Waals surface area contributed by atoms with Crippen LogP contribution < -0.4 is 10.1 Å². The van der Waals surface area contributed by atoms with Crippen molar-refractivity contribution in [3.63, 3.8) is 0 Å². The molecule has 0 fully saturated rings. The van der Waals surface area contributed by atoms with Crippen LogP contribution in [0, 0.1) is 0 Å². The maximum Gasteiger partial charge on any atom is 0.413 e. The summed E-state index contributed by atoms with van der Waals surface area (Å²) in [4.78, 5) is 12.6. The van der Waals surface area contributed by atoms with E-state index in [9.17, 15) is 4.79 Å². The number of fused-ring (bicyclic) bond motifs is 1. The lowest BCUT2D eigenvalue weighted by molar-refractivity contribution is 0.194. The number of rotatable bonds is 5. The molecule has 3 aromatic rings. The van der Waals surface area contributed by atoms with Gasteiger partial charge in [-0.1, -0.05) is 49.2 Å². The van der Waals surface area contributed by atoms with E-state index >= 15 is 0 Å². The fourth-order valence-electron chi connectivity index (χ4n) is 3.89. The Hall–Kier alpha value is -2.79. The third kappa shape index (κ3) is 4.30. The SMILES string of the molecule is CCCc1c(OC(=O)NC2CCCc3ccccc32)cnn1-c1ccc(Cl)cc1. The van der Waals surface area contributed by atoms with Crippen molar-refractivity contribution in [3.8, 4) is 11.4 Å².